The summed E-state index contributed by atoms with van der Waals surface area (Å²) in [5, 5.41) is 23.1. The molecule has 0 bridgehead atoms. The lowest BCUT2D eigenvalue weighted by atomic mass is 10.0. The fourth-order valence-corrected chi connectivity index (χ4v) is 3.96. The number of amides is 3. The topological polar surface area (TPSA) is 244 Å². The van der Waals surface area contributed by atoms with Crippen molar-refractivity contribution in [1.82, 2.24) is 15.5 Å². The molecule has 0 radical (unpaired) electrons. The molecule has 0 aliphatic carbocycles. The first-order valence-corrected chi connectivity index (χ1v) is 12.0. The molecule has 1 saturated heterocycles. The minimum atomic E-state index is -1.45. The van der Waals surface area contributed by atoms with E-state index in [1.807, 2.05) is 13.8 Å². The first-order valence-electron chi connectivity index (χ1n) is 12.0. The summed E-state index contributed by atoms with van der Waals surface area (Å²) < 4.78 is 0. The largest absolute Gasteiger partial charge is 0.481 e. The quantitative estimate of drug-likeness (QED) is 0.0744. The summed E-state index contributed by atoms with van der Waals surface area (Å²) in [5.41, 5.74) is 16.6. The molecule has 3 amide bonds. The molecule has 10 N–H and O–H groups in total. The summed E-state index contributed by atoms with van der Waals surface area (Å²) in [6, 6.07) is -4.17. The maximum Gasteiger partial charge on any atom is 0.326 e. The Morgan fingerprint density at radius 1 is 1.06 bits per heavy atom. The molecular formula is C22H39N7O7. The number of carbonyl (C=O) groups excluding carboxylic acids is 3. The minimum Gasteiger partial charge on any atom is -0.481 e. The monoisotopic (exact) mass is 513 g/mol. The van der Waals surface area contributed by atoms with Crippen molar-refractivity contribution in [2.45, 2.75) is 83.0 Å². The third-order valence-corrected chi connectivity index (χ3v) is 5.72. The lowest BCUT2D eigenvalue weighted by molar-refractivity contribution is -0.144. The van der Waals surface area contributed by atoms with Gasteiger partial charge in [-0.1, -0.05) is 13.8 Å². The number of carbonyl (C=O) groups is 5. The first-order chi connectivity index (χ1) is 16.8. The highest BCUT2D eigenvalue weighted by Gasteiger charge is 2.38. The van der Waals surface area contributed by atoms with E-state index in [-0.39, 0.29) is 43.6 Å². The van der Waals surface area contributed by atoms with Crippen molar-refractivity contribution in [1.29, 1.82) is 0 Å². The molecule has 0 aromatic carbocycles. The normalized spacial score (nSPS) is 17.7. The molecule has 0 spiro atoms. The van der Waals surface area contributed by atoms with Crippen LogP contribution < -0.4 is 27.8 Å². The zero-order valence-electron chi connectivity index (χ0n) is 20.8. The van der Waals surface area contributed by atoms with Gasteiger partial charge in [0.05, 0.1) is 6.04 Å². The number of rotatable bonds is 15. The third-order valence-electron chi connectivity index (χ3n) is 5.72. The average molecular weight is 514 g/mol. The van der Waals surface area contributed by atoms with Crippen LogP contribution in [0.5, 0.6) is 0 Å². The zero-order valence-corrected chi connectivity index (χ0v) is 20.8. The molecule has 0 saturated carbocycles. The van der Waals surface area contributed by atoms with Crippen LogP contribution in [0.25, 0.3) is 0 Å². The Balaban J connectivity index is 2.96. The smallest absolute Gasteiger partial charge is 0.326 e. The van der Waals surface area contributed by atoms with Gasteiger partial charge in [0.2, 0.25) is 17.7 Å². The number of nitrogens with two attached hydrogens (primary N) is 3. The first kappa shape index (κ1) is 30.6. The maximum atomic E-state index is 13.1. The molecule has 1 aliphatic heterocycles. The summed E-state index contributed by atoms with van der Waals surface area (Å²) in [7, 11) is 0. The van der Waals surface area contributed by atoms with Crippen LogP contribution in [0.1, 0.15) is 58.8 Å². The maximum absolute atomic E-state index is 13.1. The Morgan fingerprint density at radius 2 is 1.72 bits per heavy atom. The van der Waals surface area contributed by atoms with Crippen LogP contribution in [0.4, 0.5) is 0 Å². The Hall–Kier alpha value is -3.42. The molecule has 204 valence electrons. The van der Waals surface area contributed by atoms with Gasteiger partial charge in [0.1, 0.15) is 18.1 Å². The molecule has 1 aliphatic rings. The molecule has 1 fully saturated rings. The molecule has 0 aromatic rings. The summed E-state index contributed by atoms with van der Waals surface area (Å²) in [6.07, 6.45) is 1.02. The predicted octanol–water partition coefficient (Wildman–Crippen LogP) is -1.68. The molecule has 1 heterocycles. The number of nitrogens with one attached hydrogen (secondary N) is 2. The van der Waals surface area contributed by atoms with Crippen molar-refractivity contribution >= 4 is 35.6 Å². The lowest BCUT2D eigenvalue weighted by Gasteiger charge is -2.29. The zero-order chi connectivity index (χ0) is 27.4. The van der Waals surface area contributed by atoms with Crippen molar-refractivity contribution in [2.24, 2.45) is 28.1 Å². The Bertz CT molecular complexity index is 830. The molecule has 0 aromatic heterocycles. The number of likely N-dealkylation sites (tertiary alicyclic amines) is 1. The fourth-order valence-electron chi connectivity index (χ4n) is 3.96. The molecule has 36 heavy (non-hydrogen) atoms. The summed E-state index contributed by atoms with van der Waals surface area (Å²) in [4.78, 5) is 66.4. The summed E-state index contributed by atoms with van der Waals surface area (Å²) >= 11 is 0. The Morgan fingerprint density at radius 3 is 2.28 bits per heavy atom. The fraction of sp³-hybridized carbons (Fsp3) is 0.727. The Kier molecular flexibility index (Phi) is 12.6. The van der Waals surface area contributed by atoms with E-state index in [1.54, 1.807) is 0 Å². The van der Waals surface area contributed by atoms with E-state index >= 15 is 0 Å². The third kappa shape index (κ3) is 10.5. The van der Waals surface area contributed by atoms with Crippen molar-refractivity contribution in [2.75, 3.05) is 13.1 Å². The van der Waals surface area contributed by atoms with Gasteiger partial charge in [-0.3, -0.25) is 24.2 Å². The number of aliphatic imine (C=N–C) groups is 1. The van der Waals surface area contributed by atoms with Crippen LogP contribution in [0.15, 0.2) is 4.99 Å². The van der Waals surface area contributed by atoms with Crippen LogP contribution in [0.2, 0.25) is 0 Å². The predicted molar refractivity (Wildman–Crippen MR) is 130 cm³/mol. The lowest BCUT2D eigenvalue weighted by Crippen LogP contribution is -2.56. The van der Waals surface area contributed by atoms with E-state index in [9.17, 15) is 29.1 Å². The van der Waals surface area contributed by atoms with E-state index in [0.717, 1.165) is 0 Å². The Labute approximate surface area is 210 Å². The number of carboxylic acid groups (broad SMARTS) is 2. The number of hydrogen-bond acceptors (Lipinski definition) is 7. The average Bonchev–Trinajstić information content (AvgIpc) is 3.26. The van der Waals surface area contributed by atoms with Gasteiger partial charge < -0.3 is 42.9 Å². The number of aliphatic carboxylic acids is 2. The van der Waals surface area contributed by atoms with E-state index < -0.39 is 54.3 Å². The van der Waals surface area contributed by atoms with Gasteiger partial charge in [0.15, 0.2) is 5.96 Å². The highest BCUT2D eigenvalue weighted by molar-refractivity contribution is 5.94. The number of hydrogen-bond donors (Lipinski definition) is 7. The van der Waals surface area contributed by atoms with Crippen molar-refractivity contribution in [3.8, 4) is 0 Å². The van der Waals surface area contributed by atoms with Gasteiger partial charge in [0, 0.05) is 19.5 Å². The number of carboxylic acids is 2. The van der Waals surface area contributed by atoms with Crippen LogP contribution in [-0.4, -0.2) is 88.0 Å². The van der Waals surface area contributed by atoms with E-state index in [0.29, 0.717) is 25.8 Å². The van der Waals surface area contributed by atoms with E-state index in [4.69, 9.17) is 22.3 Å². The summed E-state index contributed by atoms with van der Waals surface area (Å²) in [5.74, 6) is -4.25. The second-order valence-corrected chi connectivity index (χ2v) is 9.27. The molecular weight excluding hydrogens is 474 g/mol. The molecule has 14 heteroatoms. The molecule has 4 unspecified atom stereocenters. The van der Waals surface area contributed by atoms with E-state index in [1.165, 1.54) is 4.90 Å². The van der Waals surface area contributed by atoms with Gasteiger partial charge in [0.25, 0.3) is 0 Å². The van der Waals surface area contributed by atoms with Gasteiger partial charge in [-0.25, -0.2) is 4.79 Å². The van der Waals surface area contributed by atoms with Crippen LogP contribution >= 0.6 is 0 Å². The van der Waals surface area contributed by atoms with Crippen molar-refractivity contribution in [3.63, 3.8) is 0 Å². The minimum absolute atomic E-state index is 0.0765. The SMILES string of the molecule is CC(C)CC(N)C(=O)N1CCCC1C(=O)NC(CCCN=C(N)N)C(=O)NC(CCC(=O)O)C(=O)O. The highest BCUT2D eigenvalue weighted by Crippen LogP contribution is 2.20. The van der Waals surface area contributed by atoms with Crippen molar-refractivity contribution < 1.29 is 34.2 Å². The second-order valence-electron chi connectivity index (χ2n) is 9.27. The van der Waals surface area contributed by atoms with Gasteiger partial charge in [-0.15, -0.1) is 0 Å². The van der Waals surface area contributed by atoms with Gasteiger partial charge in [-0.05, 0) is 44.4 Å². The van der Waals surface area contributed by atoms with Crippen LogP contribution in [-0.2, 0) is 24.0 Å². The van der Waals surface area contributed by atoms with E-state index in [2.05, 4.69) is 15.6 Å². The number of guanidine groups is 1. The standard InChI is InChI=1S/C22H39N7O7/c1-12(2)11-13(23)20(34)29-10-4-6-16(29)19(33)27-14(5-3-9-26-22(24)25)18(32)28-15(21(35)36)7-8-17(30)31/h12-16H,3-11,23H2,1-2H3,(H,27,33)(H,28,32)(H,30,31)(H,35,36)(H4,24,25,26). The number of nitrogens with zero attached hydrogens (tertiary/aromatic N) is 2. The van der Waals surface area contributed by atoms with Crippen molar-refractivity contribution in [3.05, 3.63) is 0 Å². The van der Waals surface area contributed by atoms with Crippen LogP contribution in [0, 0.1) is 5.92 Å². The molecule has 1 rings (SSSR count). The highest BCUT2D eigenvalue weighted by atomic mass is 16.4. The second kappa shape index (κ2) is 14.9. The van der Waals surface area contributed by atoms with Gasteiger partial charge in [-0.2, -0.15) is 0 Å². The molecule has 4 atom stereocenters. The molecule has 14 nitrogen and oxygen atoms in total. The van der Waals surface area contributed by atoms with Crippen LogP contribution in [0.3, 0.4) is 0 Å². The van der Waals surface area contributed by atoms with Gasteiger partial charge >= 0.3 is 11.9 Å². The summed E-state index contributed by atoms with van der Waals surface area (Å²) in [6.45, 7) is 4.41.